The number of aromatic nitrogens is 2. The molecule has 0 unspecified atom stereocenters. The Morgan fingerprint density at radius 2 is 1.89 bits per heavy atom. The summed E-state index contributed by atoms with van der Waals surface area (Å²) in [6.07, 6.45) is 2.57. The van der Waals surface area contributed by atoms with E-state index < -0.39 is 0 Å². The van der Waals surface area contributed by atoms with Crippen LogP contribution in [0.1, 0.15) is 40.0 Å². The predicted octanol–water partition coefficient (Wildman–Crippen LogP) is 1.68. The van der Waals surface area contributed by atoms with Gasteiger partial charge in [-0.25, -0.2) is 4.68 Å². The van der Waals surface area contributed by atoms with Crippen molar-refractivity contribution in [2.24, 2.45) is 0 Å². The molecule has 1 aromatic heterocycles. The molecule has 8 nitrogen and oxygen atoms in total. The van der Waals surface area contributed by atoms with Crippen LogP contribution in [-0.2, 0) is 16.3 Å². The molecule has 1 aliphatic heterocycles. The Labute approximate surface area is 175 Å². The maximum Gasteiger partial charge on any atom is 0.234 e. The quantitative estimate of drug-likeness (QED) is 0.638. The average Bonchev–Trinajstić information content (AvgIpc) is 3.40. The van der Waals surface area contributed by atoms with Crippen LogP contribution in [0.2, 0.25) is 0 Å². The zero-order valence-electron chi connectivity index (χ0n) is 16.9. The first-order valence-corrected chi connectivity index (χ1v) is 11.2. The van der Waals surface area contributed by atoms with Gasteiger partial charge in [0.15, 0.2) is 3.95 Å². The van der Waals surface area contributed by atoms with E-state index in [0.717, 1.165) is 44.2 Å². The van der Waals surface area contributed by atoms with Gasteiger partial charge in [-0.05, 0) is 38.9 Å². The highest BCUT2D eigenvalue weighted by Crippen LogP contribution is 2.33. The van der Waals surface area contributed by atoms with Gasteiger partial charge in [-0.3, -0.25) is 24.3 Å². The van der Waals surface area contributed by atoms with Gasteiger partial charge in [0.05, 0.1) is 13.2 Å². The molecule has 1 N–H and O–H groups in total. The minimum atomic E-state index is 0.0792. The Hall–Kier alpha value is -1.36. The summed E-state index contributed by atoms with van der Waals surface area (Å²) < 4.78 is 2.53. The van der Waals surface area contributed by atoms with Gasteiger partial charge < -0.3 is 5.32 Å². The largest absolute Gasteiger partial charge is 0.353 e. The molecule has 2 amide bonds. The predicted molar refractivity (Wildman–Crippen MR) is 113 cm³/mol. The van der Waals surface area contributed by atoms with Gasteiger partial charge in [0.2, 0.25) is 16.9 Å². The maximum atomic E-state index is 12.3. The molecule has 1 aliphatic carbocycles. The number of rotatable bonds is 8. The van der Waals surface area contributed by atoms with Crippen LogP contribution < -0.4 is 10.2 Å². The molecule has 3 rings (SSSR count). The van der Waals surface area contributed by atoms with E-state index in [9.17, 15) is 9.59 Å². The normalized spacial score (nSPS) is 18.4. The van der Waals surface area contributed by atoms with Crippen molar-refractivity contribution in [2.75, 3.05) is 37.6 Å². The summed E-state index contributed by atoms with van der Waals surface area (Å²) in [6, 6.07) is 0.464. The lowest BCUT2D eigenvalue weighted by Crippen LogP contribution is -2.50. The molecule has 1 aromatic rings. The summed E-state index contributed by atoms with van der Waals surface area (Å²) in [7, 11) is 0. The average molecular weight is 427 g/mol. The third-order valence-corrected chi connectivity index (χ3v) is 6.21. The number of carbonyl (C=O) groups is 2. The highest BCUT2D eigenvalue weighted by molar-refractivity contribution is 7.73. The van der Waals surface area contributed by atoms with Gasteiger partial charge in [-0.15, -0.1) is 5.10 Å². The molecule has 2 aliphatic rings. The van der Waals surface area contributed by atoms with E-state index >= 15 is 0 Å². The molecule has 0 radical (unpaired) electrons. The van der Waals surface area contributed by atoms with E-state index in [4.69, 9.17) is 12.2 Å². The Bertz CT molecular complexity index is 750. The van der Waals surface area contributed by atoms with Crippen molar-refractivity contribution in [1.82, 2.24) is 24.9 Å². The van der Waals surface area contributed by atoms with Crippen molar-refractivity contribution in [2.45, 2.75) is 58.8 Å². The molecule has 0 aromatic carbocycles. The minimum Gasteiger partial charge on any atom is -0.353 e. The minimum absolute atomic E-state index is 0.0792. The van der Waals surface area contributed by atoms with Gasteiger partial charge >= 0.3 is 0 Å². The second-order valence-electron chi connectivity index (χ2n) is 7.76. The molecule has 1 saturated carbocycles. The van der Waals surface area contributed by atoms with Crippen molar-refractivity contribution in [3.63, 3.8) is 0 Å². The molecule has 28 heavy (non-hydrogen) atoms. The third-order valence-electron chi connectivity index (χ3n) is 4.90. The van der Waals surface area contributed by atoms with Crippen molar-refractivity contribution in [3.8, 4) is 0 Å². The van der Waals surface area contributed by atoms with Crippen LogP contribution in [0.3, 0.4) is 0 Å². The summed E-state index contributed by atoms with van der Waals surface area (Å²) in [6.45, 7) is 10.3. The fourth-order valence-corrected chi connectivity index (χ4v) is 4.47. The number of piperazine rings is 1. The number of hydrogen-bond acceptors (Lipinski definition) is 7. The fraction of sp³-hybridized carbons (Fsp3) is 0.778. The molecular formula is C18H30N6O2S2. The molecule has 0 atom stereocenters. The second-order valence-corrected chi connectivity index (χ2v) is 9.36. The number of hydrogen-bond donors (Lipinski definition) is 1. The molecule has 0 spiro atoms. The summed E-state index contributed by atoms with van der Waals surface area (Å²) in [4.78, 5) is 30.5. The van der Waals surface area contributed by atoms with Crippen LogP contribution in [0.15, 0.2) is 0 Å². The summed E-state index contributed by atoms with van der Waals surface area (Å²) >= 11 is 6.92. The van der Waals surface area contributed by atoms with E-state index in [1.807, 2.05) is 30.4 Å². The smallest absolute Gasteiger partial charge is 0.234 e. The van der Waals surface area contributed by atoms with Gasteiger partial charge in [0.1, 0.15) is 0 Å². The number of amides is 2. The highest BCUT2D eigenvalue weighted by atomic mass is 32.1. The topological polar surface area (TPSA) is 73.7 Å². The molecule has 10 heteroatoms. The van der Waals surface area contributed by atoms with Crippen LogP contribution in [0.25, 0.3) is 0 Å². The lowest BCUT2D eigenvalue weighted by atomic mass is 10.3. The van der Waals surface area contributed by atoms with Crippen molar-refractivity contribution in [3.05, 3.63) is 3.95 Å². The van der Waals surface area contributed by atoms with Gasteiger partial charge in [-0.2, -0.15) is 0 Å². The van der Waals surface area contributed by atoms with Crippen molar-refractivity contribution < 1.29 is 9.59 Å². The third kappa shape index (κ3) is 5.59. The molecule has 1 saturated heterocycles. The Kier molecular flexibility index (Phi) is 7.19. The van der Waals surface area contributed by atoms with Gasteiger partial charge in [0.25, 0.3) is 0 Å². The number of nitrogens with zero attached hydrogens (tertiary/aromatic N) is 5. The molecule has 156 valence electrons. The van der Waals surface area contributed by atoms with E-state index in [1.165, 1.54) is 11.3 Å². The van der Waals surface area contributed by atoms with E-state index in [1.54, 1.807) is 0 Å². The van der Waals surface area contributed by atoms with Gasteiger partial charge in [-0.1, -0.05) is 18.3 Å². The number of carbonyl (C=O) groups excluding carboxylic acids is 2. The monoisotopic (exact) mass is 426 g/mol. The number of anilines is 1. The fourth-order valence-electron chi connectivity index (χ4n) is 3.30. The van der Waals surface area contributed by atoms with Crippen molar-refractivity contribution in [1.29, 1.82) is 0 Å². The van der Waals surface area contributed by atoms with Crippen LogP contribution in [0.4, 0.5) is 5.13 Å². The first-order valence-electron chi connectivity index (χ1n) is 10.0. The SMILES string of the molecule is CCC(=O)N(c1nn(CN2CCN(CC(=O)NC(C)C)CC2)c(=S)s1)C1CC1. The van der Waals surface area contributed by atoms with E-state index in [0.29, 0.717) is 29.6 Å². The summed E-state index contributed by atoms with van der Waals surface area (Å²) in [5, 5.41) is 8.31. The molecule has 2 fully saturated rings. The van der Waals surface area contributed by atoms with Gasteiger partial charge in [0, 0.05) is 44.7 Å². The Balaban J connectivity index is 1.54. The standard InChI is InChI=1S/C18H30N6O2S2/c1-4-16(26)24(14-5-6-14)17-20-23(18(27)28-17)12-22-9-7-21(8-10-22)11-15(25)19-13(2)3/h13-14H,4-12H2,1-3H3,(H,19,25). The lowest BCUT2D eigenvalue weighted by Gasteiger charge is -2.34. The van der Waals surface area contributed by atoms with Crippen molar-refractivity contribution >= 4 is 40.5 Å². The summed E-state index contributed by atoms with van der Waals surface area (Å²) in [5.74, 6) is 0.197. The summed E-state index contributed by atoms with van der Waals surface area (Å²) in [5.41, 5.74) is 0. The Morgan fingerprint density at radius 1 is 1.25 bits per heavy atom. The zero-order valence-corrected chi connectivity index (χ0v) is 18.5. The first-order chi connectivity index (χ1) is 13.4. The molecular weight excluding hydrogens is 396 g/mol. The van der Waals surface area contributed by atoms with E-state index in [2.05, 4.69) is 20.2 Å². The molecule has 0 bridgehead atoms. The van der Waals surface area contributed by atoms with Crippen LogP contribution in [0, 0.1) is 3.95 Å². The highest BCUT2D eigenvalue weighted by Gasteiger charge is 2.35. The first kappa shape index (κ1) is 21.4. The second kappa shape index (κ2) is 9.43. The zero-order chi connectivity index (χ0) is 20.3. The van der Waals surface area contributed by atoms with E-state index in [-0.39, 0.29) is 17.9 Å². The Morgan fingerprint density at radius 3 is 2.46 bits per heavy atom. The number of nitrogens with one attached hydrogen (secondary N) is 1. The maximum absolute atomic E-state index is 12.3. The van der Waals surface area contributed by atoms with Crippen LogP contribution >= 0.6 is 23.6 Å². The van der Waals surface area contributed by atoms with Crippen LogP contribution in [-0.4, -0.2) is 76.2 Å². The van der Waals surface area contributed by atoms with Crippen LogP contribution in [0.5, 0.6) is 0 Å². The molecule has 2 heterocycles. The lowest BCUT2D eigenvalue weighted by molar-refractivity contribution is -0.123.